The van der Waals surface area contributed by atoms with Crippen LogP contribution in [0.15, 0.2) is 237 Å². The van der Waals surface area contributed by atoms with Gasteiger partial charge in [0.15, 0.2) is 17.5 Å². The Morgan fingerprint density at radius 1 is 0.212 bits per heavy atom. The van der Waals surface area contributed by atoms with Crippen LogP contribution in [-0.2, 0) is 0 Å². The molecule has 66 heavy (non-hydrogen) atoms. The van der Waals surface area contributed by atoms with Crippen molar-refractivity contribution >= 4 is 11.3 Å². The molecule has 0 aliphatic rings. The topological polar surface area (TPSA) is 73.3 Å². The van der Waals surface area contributed by atoms with Gasteiger partial charge >= 0.3 is 0 Å². The Bertz CT molecular complexity index is 3420. The molecule has 0 saturated carbocycles. The Morgan fingerprint density at radius 3 is 0.864 bits per heavy atom. The lowest BCUT2D eigenvalue weighted by atomic mass is 10.00. The molecule has 5 heterocycles. The highest BCUT2D eigenvalue weighted by Crippen LogP contribution is 2.37. The van der Waals surface area contributed by atoms with Crippen LogP contribution in [0.25, 0.3) is 113 Å². The van der Waals surface area contributed by atoms with Crippen molar-refractivity contribution in [2.45, 2.75) is 0 Å². The molecule has 0 saturated heterocycles. The van der Waals surface area contributed by atoms with Crippen LogP contribution in [-0.4, -0.2) is 33.7 Å². The summed E-state index contributed by atoms with van der Waals surface area (Å²) in [5.41, 5.74) is 17.2. The first kappa shape index (κ1) is 38.6. The Kier molecular flexibility index (Phi) is 9.69. The van der Waals surface area contributed by atoms with E-state index in [2.05, 4.69) is 167 Å². The minimum absolute atomic E-state index is 0.586. The molecule has 0 radical (unpaired) electrons. The first-order chi connectivity index (χ1) is 32.7. The highest BCUT2D eigenvalue weighted by atomic mass is 15.0. The maximum Gasteiger partial charge on any atom is 0.164 e. The van der Waals surface area contributed by atoms with Crippen LogP contribution >= 0.6 is 0 Å². The van der Waals surface area contributed by atoms with E-state index in [0.29, 0.717) is 17.5 Å². The lowest BCUT2D eigenvalue weighted by Gasteiger charge is -2.10. The van der Waals surface area contributed by atoms with Crippen LogP contribution in [0, 0.1) is 0 Å². The van der Waals surface area contributed by atoms with Gasteiger partial charge in [0.2, 0.25) is 0 Å². The highest BCUT2D eigenvalue weighted by Gasteiger charge is 2.20. The molecule has 310 valence electrons. The summed E-state index contributed by atoms with van der Waals surface area (Å²) in [6.45, 7) is 0. The van der Waals surface area contributed by atoms with E-state index in [1.54, 1.807) is 0 Å². The van der Waals surface area contributed by atoms with Gasteiger partial charge < -0.3 is 0 Å². The number of benzene rings is 7. The second-order valence-corrected chi connectivity index (χ2v) is 16.2. The van der Waals surface area contributed by atoms with Crippen molar-refractivity contribution in [3.05, 3.63) is 237 Å². The molecule has 12 aromatic rings. The van der Waals surface area contributed by atoms with Gasteiger partial charge in [0, 0.05) is 51.3 Å². The Balaban J connectivity index is 0.897. The van der Waals surface area contributed by atoms with Crippen molar-refractivity contribution in [2.24, 2.45) is 0 Å². The van der Waals surface area contributed by atoms with Gasteiger partial charge in [-0.3, -0.25) is 8.80 Å². The molecule has 0 unspecified atom stereocenters. The number of nitrogens with zero attached hydrogens (tertiary/aromatic N) is 7. The number of hydrogen-bond donors (Lipinski definition) is 0. The molecule has 7 nitrogen and oxygen atoms in total. The third-order valence-electron chi connectivity index (χ3n) is 12.1. The fraction of sp³-hybridized carbons (Fsp3) is 0. The summed E-state index contributed by atoms with van der Waals surface area (Å²) in [6.07, 6.45) is 4.15. The summed E-state index contributed by atoms with van der Waals surface area (Å²) >= 11 is 0. The van der Waals surface area contributed by atoms with E-state index in [1.807, 2.05) is 78.9 Å². The van der Waals surface area contributed by atoms with Gasteiger partial charge in [-0.25, -0.2) is 24.9 Å². The average Bonchev–Trinajstić information content (AvgIpc) is 3.99. The van der Waals surface area contributed by atoms with Gasteiger partial charge in [0.1, 0.15) is 11.3 Å². The monoisotopic (exact) mass is 845 g/mol. The number of imidazole rings is 2. The van der Waals surface area contributed by atoms with Gasteiger partial charge in [-0.05, 0) is 46.5 Å². The third-order valence-corrected chi connectivity index (χ3v) is 12.1. The van der Waals surface area contributed by atoms with Crippen molar-refractivity contribution < 1.29 is 0 Å². The van der Waals surface area contributed by atoms with Crippen molar-refractivity contribution in [3.63, 3.8) is 0 Å². The van der Waals surface area contributed by atoms with Crippen molar-refractivity contribution in [1.29, 1.82) is 0 Å². The summed E-state index contributed by atoms with van der Waals surface area (Å²) in [5.74, 6) is 1.78. The highest BCUT2D eigenvalue weighted by molar-refractivity contribution is 5.85. The number of hydrogen-bond acceptors (Lipinski definition) is 5. The van der Waals surface area contributed by atoms with Gasteiger partial charge in [0.25, 0.3) is 0 Å². The maximum atomic E-state index is 5.14. The van der Waals surface area contributed by atoms with Crippen LogP contribution in [0.4, 0.5) is 0 Å². The molecular weight excluding hydrogens is 807 g/mol. The quantitative estimate of drug-likeness (QED) is 0.145. The summed E-state index contributed by atoms with van der Waals surface area (Å²) in [7, 11) is 0. The molecule has 0 spiro atoms. The van der Waals surface area contributed by atoms with Crippen molar-refractivity contribution in [2.75, 3.05) is 0 Å². The van der Waals surface area contributed by atoms with E-state index in [-0.39, 0.29) is 0 Å². The first-order valence-corrected chi connectivity index (χ1v) is 22.0. The molecule has 0 bridgehead atoms. The van der Waals surface area contributed by atoms with Crippen LogP contribution in [0.5, 0.6) is 0 Å². The zero-order valence-corrected chi connectivity index (χ0v) is 35.6. The number of pyridine rings is 2. The minimum Gasteiger partial charge on any atom is -0.299 e. The molecule has 7 aromatic carbocycles. The van der Waals surface area contributed by atoms with E-state index in [4.69, 9.17) is 24.9 Å². The zero-order chi connectivity index (χ0) is 43.8. The lowest BCUT2D eigenvalue weighted by Crippen LogP contribution is -2.00. The number of fused-ring (bicyclic) bond motifs is 2. The van der Waals surface area contributed by atoms with E-state index in [0.717, 1.165) is 73.0 Å². The molecule has 0 atom stereocenters. The van der Waals surface area contributed by atoms with Crippen LogP contribution in [0.1, 0.15) is 0 Å². The first-order valence-electron chi connectivity index (χ1n) is 22.0. The van der Waals surface area contributed by atoms with Gasteiger partial charge in [-0.2, -0.15) is 0 Å². The molecule has 0 aliphatic carbocycles. The second kappa shape index (κ2) is 16.6. The molecule has 0 aliphatic heterocycles. The average molecular weight is 846 g/mol. The Hall–Kier alpha value is -9.07. The Labute approximate surface area is 381 Å². The van der Waals surface area contributed by atoms with Crippen molar-refractivity contribution in [3.8, 4) is 101 Å². The van der Waals surface area contributed by atoms with E-state index < -0.39 is 0 Å². The third kappa shape index (κ3) is 7.20. The minimum atomic E-state index is 0.586. The summed E-state index contributed by atoms with van der Waals surface area (Å²) < 4.78 is 4.32. The van der Waals surface area contributed by atoms with Crippen LogP contribution in [0.2, 0.25) is 0 Å². The second-order valence-electron chi connectivity index (χ2n) is 16.2. The van der Waals surface area contributed by atoms with Gasteiger partial charge in [-0.15, -0.1) is 0 Å². The number of rotatable bonds is 9. The molecule has 0 N–H and O–H groups in total. The molecule has 5 aromatic heterocycles. The van der Waals surface area contributed by atoms with Gasteiger partial charge in [-0.1, -0.05) is 200 Å². The largest absolute Gasteiger partial charge is 0.299 e. The molecule has 12 rings (SSSR count). The molecule has 0 fully saturated rings. The van der Waals surface area contributed by atoms with E-state index in [1.165, 1.54) is 22.3 Å². The lowest BCUT2D eigenvalue weighted by molar-refractivity contribution is 1.07. The fourth-order valence-corrected chi connectivity index (χ4v) is 8.75. The molecular formula is C59H39N7. The standard InChI is InChI=1S/C59H39N7/c1-4-14-40(15-5-1)42-22-30-46(31-23-42)55-53(60-51-20-10-12-38-65(51)55)44-26-34-49(35-27-44)58-62-57(48-18-8-3-9-19-48)63-59(64-58)50-36-28-45(29-37-50)54-56(66-39-13-11-21-52(66)61-54)47-32-24-43(25-33-47)41-16-6-2-7-17-41/h1-39H. The predicted octanol–water partition coefficient (Wildman–Crippen LogP) is 14.2. The van der Waals surface area contributed by atoms with E-state index >= 15 is 0 Å². The number of aromatic nitrogens is 7. The fourth-order valence-electron chi connectivity index (χ4n) is 8.75. The predicted molar refractivity (Wildman–Crippen MR) is 266 cm³/mol. The SMILES string of the molecule is c1ccc(-c2ccc(-c3c(-c4ccc(-c5nc(-c6ccccc6)nc(-c6ccc(-c7nc8ccccn8c7-c7ccc(-c8ccccc8)cc7)cc6)n5)cc4)nc4ccccn34)cc2)cc1. The molecule has 7 heteroatoms. The smallest absolute Gasteiger partial charge is 0.164 e. The van der Waals surface area contributed by atoms with Crippen LogP contribution < -0.4 is 0 Å². The summed E-state index contributed by atoms with van der Waals surface area (Å²) in [6, 6.07) is 77.4. The van der Waals surface area contributed by atoms with Crippen molar-refractivity contribution in [1.82, 2.24) is 33.7 Å². The maximum absolute atomic E-state index is 5.14. The normalized spacial score (nSPS) is 11.3. The van der Waals surface area contributed by atoms with Crippen LogP contribution in [0.3, 0.4) is 0 Å². The zero-order valence-electron chi connectivity index (χ0n) is 35.6. The van der Waals surface area contributed by atoms with Gasteiger partial charge in [0.05, 0.1) is 22.8 Å². The Morgan fingerprint density at radius 2 is 0.485 bits per heavy atom. The summed E-state index contributed by atoms with van der Waals surface area (Å²) in [5, 5.41) is 0. The van der Waals surface area contributed by atoms with E-state index in [9.17, 15) is 0 Å². The summed E-state index contributed by atoms with van der Waals surface area (Å²) in [4.78, 5) is 25.5. The molecule has 0 amide bonds.